The second-order valence-electron chi connectivity index (χ2n) is 4.06. The summed E-state index contributed by atoms with van der Waals surface area (Å²) in [6, 6.07) is 2.30. The fourth-order valence-electron chi connectivity index (χ4n) is 1.63. The molecule has 18 heavy (non-hydrogen) atoms. The molecule has 1 rings (SSSR count). The molecule has 6 heteroatoms. The van der Waals surface area contributed by atoms with Crippen LogP contribution in [0.2, 0.25) is 0 Å². The molecule has 0 amide bonds. The molecule has 0 aliphatic heterocycles. The number of halogens is 4. The molecule has 0 radical (unpaired) electrons. The Morgan fingerprint density at radius 1 is 1.33 bits per heavy atom. The second-order valence-corrected chi connectivity index (χ2v) is 4.06. The third kappa shape index (κ3) is 3.87. The van der Waals surface area contributed by atoms with Crippen LogP contribution in [0.25, 0.3) is 0 Å². The number of anilines is 1. The number of benzene rings is 1. The number of hydrogen-bond donors (Lipinski definition) is 2. The van der Waals surface area contributed by atoms with E-state index in [1.807, 2.05) is 6.92 Å². The molecule has 0 heterocycles. The van der Waals surface area contributed by atoms with E-state index in [0.29, 0.717) is 12.6 Å². The molecule has 0 saturated carbocycles. The van der Waals surface area contributed by atoms with Crippen LogP contribution in [0.1, 0.15) is 25.3 Å². The van der Waals surface area contributed by atoms with Crippen molar-refractivity contribution in [2.75, 3.05) is 11.9 Å². The fourth-order valence-corrected chi connectivity index (χ4v) is 1.63. The van der Waals surface area contributed by atoms with Gasteiger partial charge in [0.05, 0.1) is 11.3 Å². The van der Waals surface area contributed by atoms with E-state index >= 15 is 0 Å². The average Bonchev–Trinajstić information content (AvgIpc) is 2.29. The Hall–Kier alpha value is -1.30. The molecule has 0 saturated heterocycles. The van der Waals surface area contributed by atoms with Gasteiger partial charge in [-0.1, -0.05) is 13.3 Å². The minimum Gasteiger partial charge on any atom is -0.379 e. The van der Waals surface area contributed by atoms with Crippen molar-refractivity contribution in [3.8, 4) is 0 Å². The number of nitrogens with two attached hydrogens (primary N) is 1. The van der Waals surface area contributed by atoms with Crippen LogP contribution in [0.4, 0.5) is 23.2 Å². The summed E-state index contributed by atoms with van der Waals surface area (Å²) in [6.07, 6.45) is -2.94. The molecular formula is C12H16F4N2. The average molecular weight is 264 g/mol. The first-order chi connectivity index (χ1) is 8.38. The summed E-state index contributed by atoms with van der Waals surface area (Å²) in [7, 11) is 0. The van der Waals surface area contributed by atoms with Gasteiger partial charge in [-0.15, -0.1) is 0 Å². The Balaban J connectivity index is 2.85. The zero-order chi connectivity index (χ0) is 13.8. The van der Waals surface area contributed by atoms with Gasteiger partial charge in [0.2, 0.25) is 0 Å². The van der Waals surface area contributed by atoms with E-state index < -0.39 is 17.6 Å². The zero-order valence-electron chi connectivity index (χ0n) is 10.0. The smallest absolute Gasteiger partial charge is 0.379 e. The lowest BCUT2D eigenvalue weighted by Gasteiger charge is -2.18. The molecule has 1 aromatic carbocycles. The van der Waals surface area contributed by atoms with Crippen LogP contribution < -0.4 is 11.1 Å². The number of hydrogen-bond acceptors (Lipinski definition) is 2. The van der Waals surface area contributed by atoms with Gasteiger partial charge in [-0.25, -0.2) is 4.39 Å². The van der Waals surface area contributed by atoms with Gasteiger partial charge < -0.3 is 11.1 Å². The Labute approximate surface area is 103 Å². The number of rotatable bonds is 5. The number of alkyl halides is 3. The molecule has 1 aromatic rings. The molecule has 0 spiro atoms. The van der Waals surface area contributed by atoms with E-state index in [1.54, 1.807) is 0 Å². The predicted molar refractivity (Wildman–Crippen MR) is 62.8 cm³/mol. The highest BCUT2D eigenvalue weighted by Crippen LogP contribution is 2.31. The first-order valence-electron chi connectivity index (χ1n) is 5.71. The lowest BCUT2D eigenvalue weighted by atomic mass is 10.1. The molecule has 1 atom stereocenters. The molecule has 0 aliphatic carbocycles. The molecule has 0 bridgehead atoms. The van der Waals surface area contributed by atoms with Crippen LogP contribution >= 0.6 is 0 Å². The second kappa shape index (κ2) is 6.04. The maximum atomic E-state index is 13.5. The van der Waals surface area contributed by atoms with Gasteiger partial charge in [0.1, 0.15) is 5.82 Å². The third-order valence-electron chi connectivity index (χ3n) is 2.58. The van der Waals surface area contributed by atoms with Crippen LogP contribution in [0.15, 0.2) is 18.2 Å². The molecule has 0 aliphatic rings. The summed E-state index contributed by atoms with van der Waals surface area (Å²) in [5, 5.41) is 2.81. The van der Waals surface area contributed by atoms with Crippen molar-refractivity contribution < 1.29 is 17.6 Å². The van der Waals surface area contributed by atoms with Crippen molar-refractivity contribution in [1.82, 2.24) is 0 Å². The molecule has 102 valence electrons. The Morgan fingerprint density at radius 2 is 2.00 bits per heavy atom. The Kier molecular flexibility index (Phi) is 4.95. The van der Waals surface area contributed by atoms with Crippen LogP contribution in [-0.4, -0.2) is 12.6 Å². The van der Waals surface area contributed by atoms with Crippen molar-refractivity contribution in [3.63, 3.8) is 0 Å². The minimum absolute atomic E-state index is 0.0481. The van der Waals surface area contributed by atoms with Crippen LogP contribution in [0.3, 0.4) is 0 Å². The zero-order valence-corrected chi connectivity index (χ0v) is 10.0. The van der Waals surface area contributed by atoms with Gasteiger partial charge in [-0.05, 0) is 24.6 Å². The first-order valence-corrected chi connectivity index (χ1v) is 5.71. The normalized spacial score (nSPS) is 13.4. The van der Waals surface area contributed by atoms with Crippen molar-refractivity contribution in [2.24, 2.45) is 5.73 Å². The van der Waals surface area contributed by atoms with E-state index in [-0.39, 0.29) is 11.7 Å². The van der Waals surface area contributed by atoms with Gasteiger partial charge in [0.25, 0.3) is 0 Å². The lowest BCUT2D eigenvalue weighted by Crippen LogP contribution is -2.29. The van der Waals surface area contributed by atoms with Crippen molar-refractivity contribution >= 4 is 5.69 Å². The minimum atomic E-state index is -4.53. The highest BCUT2D eigenvalue weighted by molar-refractivity contribution is 5.47. The van der Waals surface area contributed by atoms with Gasteiger partial charge in [0.15, 0.2) is 0 Å². The first kappa shape index (κ1) is 14.8. The maximum Gasteiger partial charge on any atom is 0.416 e. The number of nitrogens with one attached hydrogen (secondary N) is 1. The van der Waals surface area contributed by atoms with E-state index in [1.165, 1.54) is 0 Å². The van der Waals surface area contributed by atoms with E-state index in [2.05, 4.69) is 5.32 Å². The van der Waals surface area contributed by atoms with Crippen LogP contribution in [0.5, 0.6) is 0 Å². The van der Waals surface area contributed by atoms with Crippen molar-refractivity contribution in [3.05, 3.63) is 29.6 Å². The Morgan fingerprint density at radius 3 is 2.44 bits per heavy atom. The van der Waals surface area contributed by atoms with E-state index in [9.17, 15) is 17.6 Å². The molecular weight excluding hydrogens is 248 g/mol. The summed E-state index contributed by atoms with van der Waals surface area (Å²) >= 11 is 0. The molecule has 0 fully saturated rings. The largest absolute Gasteiger partial charge is 0.416 e. The topological polar surface area (TPSA) is 38.0 Å². The third-order valence-corrected chi connectivity index (χ3v) is 2.58. The van der Waals surface area contributed by atoms with Crippen LogP contribution in [-0.2, 0) is 6.18 Å². The van der Waals surface area contributed by atoms with Crippen molar-refractivity contribution in [2.45, 2.75) is 32.0 Å². The van der Waals surface area contributed by atoms with Crippen molar-refractivity contribution in [1.29, 1.82) is 0 Å². The summed E-state index contributed by atoms with van der Waals surface area (Å²) in [6.45, 7) is 2.25. The molecule has 3 N–H and O–H groups in total. The summed E-state index contributed by atoms with van der Waals surface area (Å²) in [5.41, 5.74) is 4.54. The summed E-state index contributed by atoms with van der Waals surface area (Å²) in [4.78, 5) is 0. The molecule has 2 nitrogen and oxygen atoms in total. The van der Waals surface area contributed by atoms with Crippen LogP contribution in [0, 0.1) is 5.82 Å². The van der Waals surface area contributed by atoms with Gasteiger partial charge in [0, 0.05) is 12.6 Å². The highest BCUT2D eigenvalue weighted by Gasteiger charge is 2.31. The lowest BCUT2D eigenvalue weighted by molar-refractivity contribution is -0.137. The van der Waals surface area contributed by atoms with E-state index in [4.69, 9.17) is 5.73 Å². The standard InChI is InChI=1S/C12H16F4N2/c1-2-3-9(7-17)18-11-5-4-8(6-10(11)13)12(14,15)16/h4-6,9,18H,2-3,7,17H2,1H3. The SMILES string of the molecule is CCCC(CN)Nc1ccc(C(F)(F)F)cc1F. The molecule has 0 aromatic heterocycles. The van der Waals surface area contributed by atoms with Gasteiger partial charge >= 0.3 is 6.18 Å². The Bertz CT molecular complexity index is 390. The summed E-state index contributed by atoms with van der Waals surface area (Å²) < 4.78 is 50.5. The fraction of sp³-hybridized carbons (Fsp3) is 0.500. The van der Waals surface area contributed by atoms with Gasteiger partial charge in [-0.3, -0.25) is 0 Å². The summed E-state index contributed by atoms with van der Waals surface area (Å²) in [5.74, 6) is -0.917. The monoisotopic (exact) mass is 264 g/mol. The predicted octanol–water partition coefficient (Wildman–Crippen LogP) is 3.38. The van der Waals surface area contributed by atoms with E-state index in [0.717, 1.165) is 25.0 Å². The maximum absolute atomic E-state index is 13.5. The quantitative estimate of drug-likeness (QED) is 0.800. The highest BCUT2D eigenvalue weighted by atomic mass is 19.4. The van der Waals surface area contributed by atoms with Gasteiger partial charge in [-0.2, -0.15) is 13.2 Å². The molecule has 1 unspecified atom stereocenters.